The van der Waals surface area contributed by atoms with Crippen LogP contribution in [0.5, 0.6) is 0 Å². The van der Waals surface area contributed by atoms with Crippen LogP contribution in [0.4, 0.5) is 5.13 Å². The third kappa shape index (κ3) is 2.63. The van der Waals surface area contributed by atoms with Crippen LogP contribution in [0.1, 0.15) is 56.5 Å². The van der Waals surface area contributed by atoms with Gasteiger partial charge in [-0.05, 0) is 33.1 Å². The second-order valence-corrected chi connectivity index (χ2v) is 5.84. The summed E-state index contributed by atoms with van der Waals surface area (Å²) in [6, 6.07) is 0.518. The Kier molecular flexibility index (Phi) is 4.05. The van der Waals surface area contributed by atoms with E-state index < -0.39 is 0 Å². The molecule has 0 radical (unpaired) electrons. The summed E-state index contributed by atoms with van der Waals surface area (Å²) in [6.45, 7) is 7.73. The van der Waals surface area contributed by atoms with Gasteiger partial charge < -0.3 is 10.0 Å². The summed E-state index contributed by atoms with van der Waals surface area (Å²) in [7, 11) is 0. The predicted molar refractivity (Wildman–Crippen MR) is 72.8 cm³/mol. The second kappa shape index (κ2) is 5.36. The topological polar surface area (TPSA) is 36.4 Å². The summed E-state index contributed by atoms with van der Waals surface area (Å²) in [5, 5.41) is 10.5. The van der Waals surface area contributed by atoms with E-state index in [2.05, 4.69) is 25.7 Å². The summed E-state index contributed by atoms with van der Waals surface area (Å²) in [4.78, 5) is 8.18. The molecular formula is C13H22N2OS. The SMILES string of the molecule is CCC(C)N(CC)c1nc(C2CC2)c(CO)s1. The molecule has 0 aliphatic heterocycles. The molecule has 2 rings (SSSR count). The van der Waals surface area contributed by atoms with Gasteiger partial charge in [0, 0.05) is 18.5 Å². The highest BCUT2D eigenvalue weighted by Gasteiger charge is 2.30. The molecule has 0 spiro atoms. The van der Waals surface area contributed by atoms with E-state index in [9.17, 15) is 5.11 Å². The lowest BCUT2D eigenvalue weighted by Crippen LogP contribution is -2.32. The maximum Gasteiger partial charge on any atom is 0.186 e. The summed E-state index contributed by atoms with van der Waals surface area (Å²) in [5.74, 6) is 0.623. The Labute approximate surface area is 107 Å². The quantitative estimate of drug-likeness (QED) is 0.847. The number of thiazole rings is 1. The van der Waals surface area contributed by atoms with E-state index in [-0.39, 0.29) is 6.61 Å². The van der Waals surface area contributed by atoms with E-state index in [1.807, 2.05) is 0 Å². The second-order valence-electron chi connectivity index (χ2n) is 4.78. The molecule has 0 aromatic carbocycles. The van der Waals surface area contributed by atoms with E-state index in [0.29, 0.717) is 12.0 Å². The zero-order valence-electron chi connectivity index (χ0n) is 10.9. The number of hydrogen-bond acceptors (Lipinski definition) is 4. The fraction of sp³-hybridized carbons (Fsp3) is 0.769. The number of hydrogen-bond donors (Lipinski definition) is 1. The lowest BCUT2D eigenvalue weighted by molar-refractivity contribution is 0.284. The van der Waals surface area contributed by atoms with Gasteiger partial charge in [-0.15, -0.1) is 0 Å². The molecule has 0 saturated heterocycles. The van der Waals surface area contributed by atoms with Gasteiger partial charge in [-0.1, -0.05) is 18.3 Å². The van der Waals surface area contributed by atoms with Crippen molar-refractivity contribution in [2.24, 2.45) is 0 Å². The zero-order chi connectivity index (χ0) is 12.4. The van der Waals surface area contributed by atoms with Crippen molar-refractivity contribution in [3.05, 3.63) is 10.6 Å². The minimum absolute atomic E-state index is 0.140. The van der Waals surface area contributed by atoms with Crippen LogP contribution >= 0.6 is 11.3 Å². The summed E-state index contributed by atoms with van der Waals surface area (Å²) in [6.07, 6.45) is 3.61. The first kappa shape index (κ1) is 12.8. The molecule has 1 unspecified atom stereocenters. The fourth-order valence-electron chi connectivity index (χ4n) is 2.12. The van der Waals surface area contributed by atoms with E-state index in [1.54, 1.807) is 11.3 Å². The van der Waals surface area contributed by atoms with Crippen LogP contribution in [0.15, 0.2) is 0 Å². The van der Waals surface area contributed by atoms with Gasteiger partial charge in [-0.25, -0.2) is 4.98 Å². The van der Waals surface area contributed by atoms with Crippen LogP contribution in [-0.4, -0.2) is 22.7 Å². The first-order valence-electron chi connectivity index (χ1n) is 6.58. The van der Waals surface area contributed by atoms with Gasteiger partial charge in [0.05, 0.1) is 17.2 Å². The highest BCUT2D eigenvalue weighted by molar-refractivity contribution is 7.15. The number of aliphatic hydroxyl groups is 1. The van der Waals surface area contributed by atoms with Gasteiger partial charge in [-0.2, -0.15) is 0 Å². The number of nitrogens with zero attached hydrogens (tertiary/aromatic N) is 2. The molecule has 1 aromatic rings. The minimum atomic E-state index is 0.140. The zero-order valence-corrected chi connectivity index (χ0v) is 11.8. The van der Waals surface area contributed by atoms with Gasteiger partial charge in [0.25, 0.3) is 0 Å². The number of rotatable bonds is 6. The van der Waals surface area contributed by atoms with Gasteiger partial charge in [0.2, 0.25) is 0 Å². The molecule has 4 heteroatoms. The minimum Gasteiger partial charge on any atom is -0.391 e. The monoisotopic (exact) mass is 254 g/mol. The Morgan fingerprint density at radius 1 is 1.47 bits per heavy atom. The lowest BCUT2D eigenvalue weighted by atomic mass is 10.2. The third-order valence-electron chi connectivity index (χ3n) is 3.53. The maximum absolute atomic E-state index is 9.41. The molecule has 0 bridgehead atoms. The number of anilines is 1. The predicted octanol–water partition coefficient (Wildman–Crippen LogP) is 3.14. The Bertz CT molecular complexity index is 373. The summed E-state index contributed by atoms with van der Waals surface area (Å²) < 4.78 is 0. The van der Waals surface area contributed by atoms with E-state index in [0.717, 1.165) is 28.7 Å². The lowest BCUT2D eigenvalue weighted by Gasteiger charge is -2.26. The molecule has 17 heavy (non-hydrogen) atoms. The molecule has 1 fully saturated rings. The summed E-state index contributed by atoms with van der Waals surface area (Å²) >= 11 is 1.67. The molecule has 1 aromatic heterocycles. The highest BCUT2D eigenvalue weighted by Crippen LogP contribution is 2.44. The van der Waals surface area contributed by atoms with Crippen molar-refractivity contribution < 1.29 is 5.11 Å². The van der Waals surface area contributed by atoms with Crippen LogP contribution in [0.2, 0.25) is 0 Å². The van der Waals surface area contributed by atoms with Gasteiger partial charge >= 0.3 is 0 Å². The third-order valence-corrected chi connectivity index (χ3v) is 4.63. The maximum atomic E-state index is 9.41. The smallest absolute Gasteiger partial charge is 0.186 e. The largest absolute Gasteiger partial charge is 0.391 e. The molecule has 1 atom stereocenters. The molecule has 1 aliphatic rings. The molecule has 1 saturated carbocycles. The van der Waals surface area contributed by atoms with Crippen LogP contribution in [-0.2, 0) is 6.61 Å². The van der Waals surface area contributed by atoms with Crippen molar-refractivity contribution in [3.63, 3.8) is 0 Å². The van der Waals surface area contributed by atoms with Gasteiger partial charge in [-0.3, -0.25) is 0 Å². The van der Waals surface area contributed by atoms with Crippen molar-refractivity contribution >= 4 is 16.5 Å². The van der Waals surface area contributed by atoms with Crippen LogP contribution in [0.3, 0.4) is 0 Å². The molecule has 1 N–H and O–H groups in total. The Morgan fingerprint density at radius 2 is 2.18 bits per heavy atom. The Balaban J connectivity index is 2.24. The van der Waals surface area contributed by atoms with Crippen LogP contribution in [0.25, 0.3) is 0 Å². The average molecular weight is 254 g/mol. The van der Waals surface area contributed by atoms with E-state index in [1.165, 1.54) is 12.8 Å². The van der Waals surface area contributed by atoms with Crippen molar-refractivity contribution in [3.8, 4) is 0 Å². The Morgan fingerprint density at radius 3 is 2.65 bits per heavy atom. The molecule has 0 amide bonds. The molecular weight excluding hydrogens is 232 g/mol. The van der Waals surface area contributed by atoms with E-state index >= 15 is 0 Å². The van der Waals surface area contributed by atoms with Gasteiger partial charge in [0.15, 0.2) is 5.13 Å². The van der Waals surface area contributed by atoms with Crippen LogP contribution in [0, 0.1) is 0 Å². The van der Waals surface area contributed by atoms with Gasteiger partial charge in [0.1, 0.15) is 0 Å². The van der Waals surface area contributed by atoms with Crippen molar-refractivity contribution in [2.75, 3.05) is 11.4 Å². The molecule has 1 aliphatic carbocycles. The Hall–Kier alpha value is -0.610. The average Bonchev–Trinajstić information content (AvgIpc) is 3.11. The molecule has 3 nitrogen and oxygen atoms in total. The standard InChI is InChI=1S/C13H22N2OS/c1-4-9(3)15(5-2)13-14-12(10-6-7-10)11(8-16)17-13/h9-10,16H,4-8H2,1-3H3. The van der Waals surface area contributed by atoms with Crippen molar-refractivity contribution in [2.45, 2.75) is 58.6 Å². The fourth-order valence-corrected chi connectivity index (χ4v) is 3.29. The molecule has 1 heterocycles. The number of aliphatic hydroxyl groups excluding tert-OH is 1. The van der Waals surface area contributed by atoms with Crippen LogP contribution < -0.4 is 4.90 Å². The summed E-state index contributed by atoms with van der Waals surface area (Å²) in [5.41, 5.74) is 1.16. The number of aromatic nitrogens is 1. The van der Waals surface area contributed by atoms with Crippen molar-refractivity contribution in [1.82, 2.24) is 4.98 Å². The van der Waals surface area contributed by atoms with Crippen molar-refractivity contribution in [1.29, 1.82) is 0 Å². The first-order valence-corrected chi connectivity index (χ1v) is 7.39. The molecule has 96 valence electrons. The first-order chi connectivity index (χ1) is 8.21. The highest BCUT2D eigenvalue weighted by atomic mass is 32.1. The normalized spacial score (nSPS) is 17.2. The van der Waals surface area contributed by atoms with E-state index in [4.69, 9.17) is 4.98 Å².